The van der Waals surface area contributed by atoms with Gasteiger partial charge in [-0.25, -0.2) is 0 Å². The molecule has 0 spiro atoms. The van der Waals surface area contributed by atoms with Gasteiger partial charge in [-0.1, -0.05) is 6.92 Å². The average molecular weight is 250 g/mol. The first-order chi connectivity index (χ1) is 8.59. The van der Waals surface area contributed by atoms with Crippen LogP contribution in [0.4, 0.5) is 0 Å². The third-order valence-electron chi connectivity index (χ3n) is 4.48. The molecule has 0 saturated heterocycles. The molecule has 2 aliphatic rings. The summed E-state index contributed by atoms with van der Waals surface area (Å²) in [7, 11) is 0. The summed E-state index contributed by atoms with van der Waals surface area (Å²) in [6.45, 7) is 2.33. The molecule has 2 aliphatic carbocycles. The SMILES string of the molecule is CC1CC(C#N)(C(=O)NC2CCC(CO)CC2)C1. The highest BCUT2D eigenvalue weighted by atomic mass is 16.3. The van der Waals surface area contributed by atoms with Gasteiger partial charge in [0.1, 0.15) is 5.41 Å². The van der Waals surface area contributed by atoms with Gasteiger partial charge in [0.15, 0.2) is 0 Å². The fraction of sp³-hybridized carbons (Fsp3) is 0.857. The van der Waals surface area contributed by atoms with Crippen molar-refractivity contribution in [3.8, 4) is 6.07 Å². The Hall–Kier alpha value is -1.08. The minimum atomic E-state index is -0.757. The van der Waals surface area contributed by atoms with E-state index < -0.39 is 5.41 Å². The highest BCUT2D eigenvalue weighted by molar-refractivity contribution is 5.86. The third kappa shape index (κ3) is 2.51. The Balaban J connectivity index is 1.84. The zero-order valence-electron chi connectivity index (χ0n) is 11.0. The van der Waals surface area contributed by atoms with E-state index in [4.69, 9.17) is 5.11 Å². The molecule has 0 aromatic rings. The summed E-state index contributed by atoms with van der Waals surface area (Å²) in [6.07, 6.45) is 5.18. The van der Waals surface area contributed by atoms with Crippen LogP contribution in [0.5, 0.6) is 0 Å². The number of hydrogen-bond acceptors (Lipinski definition) is 3. The van der Waals surface area contributed by atoms with Gasteiger partial charge in [-0.15, -0.1) is 0 Å². The Kier molecular flexibility index (Phi) is 3.91. The molecule has 4 nitrogen and oxygen atoms in total. The van der Waals surface area contributed by atoms with Gasteiger partial charge in [0.2, 0.25) is 5.91 Å². The Morgan fingerprint density at radius 2 is 2.00 bits per heavy atom. The van der Waals surface area contributed by atoms with Gasteiger partial charge in [-0.05, 0) is 50.4 Å². The summed E-state index contributed by atoms with van der Waals surface area (Å²) in [5.74, 6) is 0.808. The lowest BCUT2D eigenvalue weighted by Gasteiger charge is -2.40. The van der Waals surface area contributed by atoms with E-state index in [2.05, 4.69) is 18.3 Å². The lowest BCUT2D eigenvalue weighted by molar-refractivity contribution is -0.135. The van der Waals surface area contributed by atoms with E-state index in [1.165, 1.54) is 0 Å². The molecular formula is C14H22N2O2. The van der Waals surface area contributed by atoms with Gasteiger partial charge in [-0.3, -0.25) is 4.79 Å². The van der Waals surface area contributed by atoms with Crippen LogP contribution in [-0.2, 0) is 4.79 Å². The largest absolute Gasteiger partial charge is 0.396 e. The molecule has 0 aliphatic heterocycles. The number of amides is 1. The van der Waals surface area contributed by atoms with Crippen LogP contribution in [0.2, 0.25) is 0 Å². The molecule has 0 unspecified atom stereocenters. The molecule has 2 fully saturated rings. The van der Waals surface area contributed by atoms with Crippen molar-refractivity contribution in [1.82, 2.24) is 5.32 Å². The monoisotopic (exact) mass is 250 g/mol. The van der Waals surface area contributed by atoms with Crippen LogP contribution in [0.25, 0.3) is 0 Å². The summed E-state index contributed by atoms with van der Waals surface area (Å²) in [4.78, 5) is 12.2. The Bertz CT molecular complexity index is 347. The molecule has 0 aromatic heterocycles. The van der Waals surface area contributed by atoms with Gasteiger partial charge in [0, 0.05) is 12.6 Å². The van der Waals surface area contributed by atoms with Crippen LogP contribution in [0.3, 0.4) is 0 Å². The van der Waals surface area contributed by atoms with Crippen molar-refractivity contribution in [2.75, 3.05) is 6.61 Å². The molecule has 4 heteroatoms. The maximum absolute atomic E-state index is 12.2. The number of aliphatic hydroxyl groups excluding tert-OH is 1. The molecule has 0 radical (unpaired) electrons. The Morgan fingerprint density at radius 1 is 1.39 bits per heavy atom. The number of nitriles is 1. The summed E-state index contributed by atoms with van der Waals surface area (Å²) in [5, 5.41) is 21.3. The van der Waals surface area contributed by atoms with Crippen LogP contribution in [-0.4, -0.2) is 23.7 Å². The van der Waals surface area contributed by atoms with Gasteiger partial charge >= 0.3 is 0 Å². The van der Waals surface area contributed by atoms with E-state index in [1.54, 1.807) is 0 Å². The van der Waals surface area contributed by atoms with Gasteiger partial charge in [0.05, 0.1) is 6.07 Å². The number of nitrogens with zero attached hydrogens (tertiary/aromatic N) is 1. The van der Waals surface area contributed by atoms with E-state index in [0.29, 0.717) is 24.7 Å². The second kappa shape index (κ2) is 5.27. The van der Waals surface area contributed by atoms with Gasteiger partial charge < -0.3 is 10.4 Å². The second-order valence-corrected chi connectivity index (χ2v) is 6.08. The first kappa shape index (κ1) is 13.4. The number of rotatable bonds is 3. The van der Waals surface area contributed by atoms with E-state index in [9.17, 15) is 10.1 Å². The number of nitrogens with one attached hydrogen (secondary N) is 1. The number of carbonyl (C=O) groups excluding carboxylic acids is 1. The summed E-state index contributed by atoms with van der Waals surface area (Å²) < 4.78 is 0. The standard InChI is InChI=1S/C14H22N2O2/c1-10-6-14(7-10,9-15)13(18)16-12-4-2-11(8-17)3-5-12/h10-12,17H,2-8H2,1H3,(H,16,18). The average Bonchev–Trinajstić information content (AvgIpc) is 2.35. The quantitative estimate of drug-likeness (QED) is 0.799. The highest BCUT2D eigenvalue weighted by Gasteiger charge is 2.49. The maximum Gasteiger partial charge on any atom is 0.240 e. The maximum atomic E-state index is 12.2. The minimum absolute atomic E-state index is 0.0736. The van der Waals surface area contributed by atoms with E-state index >= 15 is 0 Å². The van der Waals surface area contributed by atoms with E-state index in [0.717, 1.165) is 25.7 Å². The Labute approximate surface area is 108 Å². The fourth-order valence-electron chi connectivity index (χ4n) is 3.27. The molecule has 0 aromatic carbocycles. The molecule has 18 heavy (non-hydrogen) atoms. The van der Waals surface area contributed by atoms with Crippen molar-refractivity contribution in [2.24, 2.45) is 17.3 Å². The molecule has 0 bridgehead atoms. The molecule has 2 saturated carbocycles. The summed E-state index contributed by atoms with van der Waals surface area (Å²) >= 11 is 0. The van der Waals surface area contributed by atoms with Crippen LogP contribution in [0, 0.1) is 28.6 Å². The zero-order valence-corrected chi connectivity index (χ0v) is 11.0. The fourth-order valence-corrected chi connectivity index (χ4v) is 3.27. The molecule has 0 atom stereocenters. The molecule has 100 valence electrons. The van der Waals surface area contributed by atoms with E-state index in [1.807, 2.05) is 0 Å². The molecule has 1 amide bonds. The first-order valence-electron chi connectivity index (χ1n) is 6.92. The summed E-state index contributed by atoms with van der Waals surface area (Å²) in [6, 6.07) is 2.40. The summed E-state index contributed by atoms with van der Waals surface area (Å²) in [5.41, 5.74) is -0.757. The Morgan fingerprint density at radius 3 is 2.44 bits per heavy atom. The third-order valence-corrected chi connectivity index (χ3v) is 4.48. The lowest BCUT2D eigenvalue weighted by Crippen LogP contribution is -2.51. The van der Waals surface area contributed by atoms with Gasteiger partial charge in [-0.2, -0.15) is 5.26 Å². The molecule has 2 rings (SSSR count). The second-order valence-electron chi connectivity index (χ2n) is 6.08. The van der Waals surface area contributed by atoms with Crippen LogP contribution in [0.15, 0.2) is 0 Å². The molecule has 0 heterocycles. The zero-order chi connectivity index (χ0) is 13.2. The smallest absolute Gasteiger partial charge is 0.240 e. The first-order valence-corrected chi connectivity index (χ1v) is 6.92. The number of carbonyl (C=O) groups is 1. The van der Waals surface area contributed by atoms with Crippen molar-refractivity contribution >= 4 is 5.91 Å². The van der Waals surface area contributed by atoms with Gasteiger partial charge in [0.25, 0.3) is 0 Å². The van der Waals surface area contributed by atoms with Crippen molar-refractivity contribution in [3.05, 3.63) is 0 Å². The van der Waals surface area contributed by atoms with Crippen molar-refractivity contribution < 1.29 is 9.90 Å². The topological polar surface area (TPSA) is 73.1 Å². The molecular weight excluding hydrogens is 228 g/mol. The lowest BCUT2D eigenvalue weighted by atomic mass is 9.63. The minimum Gasteiger partial charge on any atom is -0.396 e. The van der Waals surface area contributed by atoms with Crippen molar-refractivity contribution in [2.45, 2.75) is 51.5 Å². The van der Waals surface area contributed by atoms with Crippen molar-refractivity contribution in [1.29, 1.82) is 5.26 Å². The van der Waals surface area contributed by atoms with Crippen LogP contribution in [0.1, 0.15) is 45.4 Å². The number of hydrogen-bond donors (Lipinski definition) is 2. The van der Waals surface area contributed by atoms with E-state index in [-0.39, 0.29) is 18.6 Å². The number of aliphatic hydroxyl groups is 1. The predicted octanol–water partition coefficient (Wildman–Crippen LogP) is 1.59. The predicted molar refractivity (Wildman–Crippen MR) is 67.4 cm³/mol. The molecule has 2 N–H and O–H groups in total. The van der Waals surface area contributed by atoms with Crippen LogP contribution >= 0.6 is 0 Å². The highest BCUT2D eigenvalue weighted by Crippen LogP contribution is 2.45. The van der Waals surface area contributed by atoms with Crippen molar-refractivity contribution in [3.63, 3.8) is 0 Å². The van der Waals surface area contributed by atoms with Crippen LogP contribution < -0.4 is 5.32 Å². The normalized spacial score (nSPS) is 39.5.